The lowest BCUT2D eigenvalue weighted by Crippen LogP contribution is -2.57. The second-order valence-corrected chi connectivity index (χ2v) is 8.70. The quantitative estimate of drug-likeness (QED) is 0.731. The van der Waals surface area contributed by atoms with Crippen LogP contribution < -0.4 is 9.04 Å². The van der Waals surface area contributed by atoms with Crippen molar-refractivity contribution in [3.8, 4) is 5.75 Å². The fourth-order valence-corrected chi connectivity index (χ4v) is 4.40. The fourth-order valence-electron chi connectivity index (χ4n) is 3.28. The predicted octanol–water partition coefficient (Wildman–Crippen LogP) is 0.904. The van der Waals surface area contributed by atoms with Crippen LogP contribution in [0.25, 0.3) is 0 Å². The van der Waals surface area contributed by atoms with Crippen molar-refractivity contribution >= 4 is 27.7 Å². The SMILES string of the molecule is CCOC(=O)N1CCN(C(=O)[C@H]2CN(S(=O)(=O)CC)c3ccccc3O2)CC1. The Morgan fingerprint density at radius 2 is 1.75 bits per heavy atom. The smallest absolute Gasteiger partial charge is 0.409 e. The van der Waals surface area contributed by atoms with E-state index in [1.165, 1.54) is 4.31 Å². The van der Waals surface area contributed by atoms with E-state index in [2.05, 4.69) is 0 Å². The number of carbonyl (C=O) groups is 2. The van der Waals surface area contributed by atoms with E-state index in [0.717, 1.165) is 0 Å². The summed E-state index contributed by atoms with van der Waals surface area (Å²) in [5, 5.41) is 0. The van der Waals surface area contributed by atoms with Gasteiger partial charge < -0.3 is 19.3 Å². The van der Waals surface area contributed by atoms with Crippen LogP contribution in [0, 0.1) is 0 Å². The molecular weight excluding hydrogens is 386 g/mol. The minimum atomic E-state index is -3.54. The molecule has 1 fully saturated rings. The number of nitrogens with zero attached hydrogens (tertiary/aromatic N) is 3. The van der Waals surface area contributed by atoms with E-state index in [-0.39, 0.29) is 18.2 Å². The molecule has 2 aliphatic heterocycles. The second kappa shape index (κ2) is 8.26. The first-order valence-electron chi connectivity index (χ1n) is 9.34. The summed E-state index contributed by atoms with van der Waals surface area (Å²) in [7, 11) is -3.54. The van der Waals surface area contributed by atoms with Crippen molar-refractivity contribution in [2.45, 2.75) is 20.0 Å². The maximum atomic E-state index is 13.0. The number of benzene rings is 1. The lowest BCUT2D eigenvalue weighted by molar-refractivity contribution is -0.140. The molecule has 3 rings (SSSR count). The zero-order valence-electron chi connectivity index (χ0n) is 16.0. The fraction of sp³-hybridized carbons (Fsp3) is 0.556. The highest BCUT2D eigenvalue weighted by atomic mass is 32.2. The van der Waals surface area contributed by atoms with Crippen molar-refractivity contribution in [3.05, 3.63) is 24.3 Å². The number of fused-ring (bicyclic) bond motifs is 1. The summed E-state index contributed by atoms with van der Waals surface area (Å²) < 4.78 is 37.1. The van der Waals surface area contributed by atoms with E-state index in [1.807, 2.05) is 0 Å². The number of piperazine rings is 1. The van der Waals surface area contributed by atoms with Crippen LogP contribution in [-0.2, 0) is 19.6 Å². The predicted molar refractivity (Wildman–Crippen MR) is 103 cm³/mol. The minimum Gasteiger partial charge on any atom is -0.476 e. The molecule has 0 bridgehead atoms. The summed E-state index contributed by atoms with van der Waals surface area (Å²) >= 11 is 0. The van der Waals surface area contributed by atoms with Gasteiger partial charge in [0, 0.05) is 26.2 Å². The normalized spacial score (nSPS) is 19.6. The molecule has 154 valence electrons. The average molecular weight is 411 g/mol. The van der Waals surface area contributed by atoms with E-state index in [0.29, 0.717) is 44.2 Å². The third kappa shape index (κ3) is 4.01. The molecule has 1 aromatic rings. The molecule has 28 heavy (non-hydrogen) atoms. The molecule has 0 spiro atoms. The van der Waals surface area contributed by atoms with Crippen LogP contribution in [0.5, 0.6) is 5.75 Å². The van der Waals surface area contributed by atoms with Gasteiger partial charge in [0.05, 0.1) is 24.6 Å². The van der Waals surface area contributed by atoms with Gasteiger partial charge in [-0.2, -0.15) is 0 Å². The third-order valence-electron chi connectivity index (χ3n) is 4.83. The summed E-state index contributed by atoms with van der Waals surface area (Å²) in [6.45, 7) is 4.97. The summed E-state index contributed by atoms with van der Waals surface area (Å²) in [4.78, 5) is 27.9. The van der Waals surface area contributed by atoms with Gasteiger partial charge >= 0.3 is 6.09 Å². The van der Waals surface area contributed by atoms with E-state index < -0.39 is 22.2 Å². The molecule has 2 heterocycles. The van der Waals surface area contributed by atoms with Crippen LogP contribution >= 0.6 is 0 Å². The van der Waals surface area contributed by atoms with Crippen molar-refractivity contribution in [2.24, 2.45) is 0 Å². The first kappa shape index (κ1) is 20.2. The minimum absolute atomic E-state index is 0.0654. The Bertz CT molecular complexity index is 835. The number of sulfonamides is 1. The van der Waals surface area contributed by atoms with Gasteiger partial charge in [-0.1, -0.05) is 12.1 Å². The van der Waals surface area contributed by atoms with E-state index in [1.54, 1.807) is 47.9 Å². The highest BCUT2D eigenvalue weighted by Crippen LogP contribution is 2.35. The van der Waals surface area contributed by atoms with Crippen LogP contribution in [0.15, 0.2) is 24.3 Å². The molecule has 1 aromatic carbocycles. The summed E-state index contributed by atoms with van der Waals surface area (Å²) in [6, 6.07) is 6.80. The zero-order chi connectivity index (χ0) is 20.3. The molecule has 0 saturated carbocycles. The molecule has 0 aromatic heterocycles. The van der Waals surface area contributed by atoms with Crippen LogP contribution in [-0.4, -0.2) is 81.4 Å². The second-order valence-electron chi connectivity index (χ2n) is 6.52. The maximum Gasteiger partial charge on any atom is 0.409 e. The average Bonchev–Trinajstić information content (AvgIpc) is 2.72. The molecule has 0 unspecified atom stereocenters. The van der Waals surface area contributed by atoms with E-state index >= 15 is 0 Å². The largest absolute Gasteiger partial charge is 0.476 e. The molecule has 0 aliphatic carbocycles. The van der Waals surface area contributed by atoms with E-state index in [4.69, 9.17) is 9.47 Å². The number of ether oxygens (including phenoxy) is 2. The molecular formula is C18H25N3O6S. The van der Waals surface area contributed by atoms with Crippen LogP contribution in [0.2, 0.25) is 0 Å². The molecule has 10 heteroatoms. The van der Waals surface area contributed by atoms with Gasteiger partial charge in [0.1, 0.15) is 5.75 Å². The first-order chi connectivity index (χ1) is 13.4. The molecule has 0 radical (unpaired) electrons. The van der Waals surface area contributed by atoms with Crippen molar-refractivity contribution in [1.29, 1.82) is 0 Å². The van der Waals surface area contributed by atoms with Crippen molar-refractivity contribution in [1.82, 2.24) is 9.80 Å². The van der Waals surface area contributed by atoms with Gasteiger partial charge in [-0.05, 0) is 26.0 Å². The molecule has 1 atom stereocenters. The highest BCUT2D eigenvalue weighted by molar-refractivity contribution is 7.92. The van der Waals surface area contributed by atoms with Crippen molar-refractivity contribution in [2.75, 3.05) is 49.4 Å². The Hall–Kier alpha value is -2.49. The van der Waals surface area contributed by atoms with Gasteiger partial charge in [-0.3, -0.25) is 9.10 Å². The van der Waals surface area contributed by atoms with Crippen molar-refractivity contribution in [3.63, 3.8) is 0 Å². The summed E-state index contributed by atoms with van der Waals surface area (Å²) in [6.07, 6.45) is -1.32. The topological polar surface area (TPSA) is 96.5 Å². The van der Waals surface area contributed by atoms with Gasteiger partial charge in [0.25, 0.3) is 5.91 Å². The van der Waals surface area contributed by atoms with E-state index in [9.17, 15) is 18.0 Å². The molecule has 0 N–H and O–H groups in total. The number of rotatable bonds is 4. The van der Waals surface area contributed by atoms with Crippen LogP contribution in [0.3, 0.4) is 0 Å². The maximum absolute atomic E-state index is 13.0. The molecule has 2 amide bonds. The van der Waals surface area contributed by atoms with Gasteiger partial charge in [-0.15, -0.1) is 0 Å². The monoisotopic (exact) mass is 411 g/mol. The number of hydrogen-bond acceptors (Lipinski definition) is 6. The highest BCUT2D eigenvalue weighted by Gasteiger charge is 2.38. The zero-order valence-corrected chi connectivity index (χ0v) is 16.9. The Balaban J connectivity index is 1.72. The number of carbonyl (C=O) groups excluding carboxylic acids is 2. The Morgan fingerprint density at radius 3 is 2.39 bits per heavy atom. The molecule has 9 nitrogen and oxygen atoms in total. The van der Waals surface area contributed by atoms with Gasteiger partial charge in [0.2, 0.25) is 10.0 Å². The standard InChI is InChI=1S/C18H25N3O6S/c1-3-26-18(23)20-11-9-19(10-12-20)17(22)16-13-21(28(24,25)4-2)14-7-5-6-8-15(14)27-16/h5-8,16H,3-4,9-13H2,1-2H3/t16-/m1/s1. The van der Waals surface area contributed by atoms with Gasteiger partial charge in [0.15, 0.2) is 6.10 Å². The van der Waals surface area contributed by atoms with Crippen LogP contribution in [0.4, 0.5) is 10.5 Å². The molecule has 2 aliphatic rings. The third-order valence-corrected chi connectivity index (χ3v) is 6.58. The molecule has 1 saturated heterocycles. The summed E-state index contributed by atoms with van der Waals surface area (Å²) in [5.41, 5.74) is 0.445. The lowest BCUT2D eigenvalue weighted by Gasteiger charge is -2.39. The van der Waals surface area contributed by atoms with Crippen LogP contribution in [0.1, 0.15) is 13.8 Å². The number of para-hydroxylation sites is 2. The number of anilines is 1. The van der Waals surface area contributed by atoms with Crippen molar-refractivity contribution < 1.29 is 27.5 Å². The Morgan fingerprint density at radius 1 is 1.11 bits per heavy atom. The number of amides is 2. The number of hydrogen-bond donors (Lipinski definition) is 0. The summed E-state index contributed by atoms with van der Waals surface area (Å²) in [5.74, 6) is 0.0177. The lowest BCUT2D eigenvalue weighted by atomic mass is 10.2. The Kier molecular flexibility index (Phi) is 5.97. The van der Waals surface area contributed by atoms with Gasteiger partial charge in [-0.25, -0.2) is 13.2 Å². The Labute approximate surface area is 164 Å². The first-order valence-corrected chi connectivity index (χ1v) is 10.9.